The predicted octanol–water partition coefficient (Wildman–Crippen LogP) is 3.26. The van der Waals surface area contributed by atoms with Crippen molar-refractivity contribution in [3.05, 3.63) is 35.4 Å². The van der Waals surface area contributed by atoms with Crippen LogP contribution in [0.15, 0.2) is 24.3 Å². The van der Waals surface area contributed by atoms with Crippen molar-refractivity contribution in [2.45, 2.75) is 51.8 Å². The first-order valence-electron chi connectivity index (χ1n) is 5.98. The van der Waals surface area contributed by atoms with E-state index in [1.807, 2.05) is 13.8 Å². The molecule has 0 bridgehead atoms. The fourth-order valence-electron chi connectivity index (χ4n) is 1.38. The Kier molecular flexibility index (Phi) is 4.46. The number of nitrogens with one attached hydrogen (secondary N) is 1. The molecule has 0 radical (unpaired) electrons. The minimum absolute atomic E-state index is 0.0235. The number of halogens is 2. The lowest BCUT2D eigenvalue weighted by molar-refractivity contribution is -0.00533. The molecule has 0 atom stereocenters. The molecular weight excluding hydrogens is 236 g/mol. The van der Waals surface area contributed by atoms with Crippen molar-refractivity contribution < 1.29 is 13.9 Å². The Labute approximate surface area is 107 Å². The summed E-state index contributed by atoms with van der Waals surface area (Å²) in [6.45, 7) is 7.64. The van der Waals surface area contributed by atoms with E-state index < -0.39 is 17.6 Å². The molecule has 0 saturated heterocycles. The van der Waals surface area contributed by atoms with Crippen molar-refractivity contribution >= 4 is 0 Å². The number of rotatable bonds is 5. The van der Waals surface area contributed by atoms with E-state index in [2.05, 4.69) is 5.32 Å². The number of alkyl halides is 2. The molecule has 0 spiro atoms. The zero-order chi connectivity index (χ0) is 14.0. The maximum atomic E-state index is 12.6. The van der Waals surface area contributed by atoms with Gasteiger partial charge in [0.15, 0.2) is 0 Å². The maximum absolute atomic E-state index is 12.6. The summed E-state index contributed by atoms with van der Waals surface area (Å²) in [4.78, 5) is 0. The van der Waals surface area contributed by atoms with E-state index in [-0.39, 0.29) is 5.56 Å². The molecule has 102 valence electrons. The molecule has 1 aromatic carbocycles. The van der Waals surface area contributed by atoms with Gasteiger partial charge in [0.05, 0.1) is 5.60 Å². The van der Waals surface area contributed by atoms with Crippen LogP contribution in [0.1, 0.15) is 45.2 Å². The van der Waals surface area contributed by atoms with Crippen molar-refractivity contribution in [3.63, 3.8) is 0 Å². The molecule has 1 aromatic rings. The van der Waals surface area contributed by atoms with Crippen LogP contribution in [-0.2, 0) is 6.54 Å². The SMILES string of the molecule is CC(C)(O)C(C)(C)NCc1cccc(C(F)F)c1. The smallest absolute Gasteiger partial charge is 0.263 e. The van der Waals surface area contributed by atoms with E-state index in [0.717, 1.165) is 5.56 Å². The Balaban J connectivity index is 2.72. The minimum atomic E-state index is -2.45. The van der Waals surface area contributed by atoms with Gasteiger partial charge in [0.2, 0.25) is 0 Å². The third-order valence-corrected chi connectivity index (χ3v) is 3.47. The molecule has 0 fully saturated rings. The lowest BCUT2D eigenvalue weighted by atomic mass is 9.86. The Morgan fingerprint density at radius 1 is 1.22 bits per heavy atom. The van der Waals surface area contributed by atoms with E-state index in [1.54, 1.807) is 26.0 Å². The van der Waals surface area contributed by atoms with Crippen LogP contribution in [-0.4, -0.2) is 16.2 Å². The zero-order valence-electron chi connectivity index (χ0n) is 11.3. The number of benzene rings is 1. The molecule has 0 saturated carbocycles. The number of aliphatic hydroxyl groups is 1. The molecule has 0 unspecified atom stereocenters. The predicted molar refractivity (Wildman–Crippen MR) is 68.6 cm³/mol. The van der Waals surface area contributed by atoms with Crippen molar-refractivity contribution in [2.75, 3.05) is 0 Å². The van der Waals surface area contributed by atoms with Gasteiger partial charge >= 0.3 is 0 Å². The van der Waals surface area contributed by atoms with E-state index in [4.69, 9.17) is 0 Å². The van der Waals surface area contributed by atoms with E-state index in [0.29, 0.717) is 6.54 Å². The summed E-state index contributed by atoms with van der Waals surface area (Å²) < 4.78 is 25.1. The largest absolute Gasteiger partial charge is 0.389 e. The lowest BCUT2D eigenvalue weighted by Crippen LogP contribution is -2.55. The van der Waals surface area contributed by atoms with Gasteiger partial charge in [-0.2, -0.15) is 0 Å². The van der Waals surface area contributed by atoms with Crippen molar-refractivity contribution in [3.8, 4) is 0 Å². The third-order valence-electron chi connectivity index (χ3n) is 3.47. The molecule has 0 aromatic heterocycles. The fourth-order valence-corrected chi connectivity index (χ4v) is 1.38. The first-order chi connectivity index (χ1) is 8.13. The maximum Gasteiger partial charge on any atom is 0.263 e. The number of hydrogen-bond acceptors (Lipinski definition) is 2. The average Bonchev–Trinajstić information content (AvgIpc) is 2.25. The summed E-state index contributed by atoms with van der Waals surface area (Å²) in [5.74, 6) is 0. The Bertz CT molecular complexity index is 397. The van der Waals surface area contributed by atoms with Gasteiger partial charge in [-0.3, -0.25) is 0 Å². The molecule has 1 rings (SSSR count). The third kappa shape index (κ3) is 3.75. The first-order valence-corrected chi connectivity index (χ1v) is 5.98. The van der Waals surface area contributed by atoms with Gasteiger partial charge < -0.3 is 10.4 Å². The van der Waals surface area contributed by atoms with Crippen molar-refractivity contribution in [2.24, 2.45) is 0 Å². The van der Waals surface area contributed by atoms with E-state index in [9.17, 15) is 13.9 Å². The second kappa shape index (κ2) is 5.33. The van der Waals surface area contributed by atoms with Crippen molar-refractivity contribution in [1.29, 1.82) is 0 Å². The summed E-state index contributed by atoms with van der Waals surface area (Å²) in [6.07, 6.45) is -2.45. The fraction of sp³-hybridized carbons (Fsp3) is 0.571. The summed E-state index contributed by atoms with van der Waals surface area (Å²) in [6, 6.07) is 6.31. The van der Waals surface area contributed by atoms with Crippen LogP contribution < -0.4 is 5.32 Å². The molecule has 2 nitrogen and oxygen atoms in total. The van der Waals surface area contributed by atoms with Crippen LogP contribution in [0.3, 0.4) is 0 Å². The van der Waals surface area contributed by atoms with Gasteiger partial charge in [-0.25, -0.2) is 8.78 Å². The second-order valence-corrected chi connectivity index (χ2v) is 5.58. The summed E-state index contributed by atoms with van der Waals surface area (Å²) in [5.41, 5.74) is -0.596. The molecule has 0 heterocycles. The van der Waals surface area contributed by atoms with Gasteiger partial charge in [0.25, 0.3) is 6.43 Å². The lowest BCUT2D eigenvalue weighted by Gasteiger charge is -2.38. The average molecular weight is 257 g/mol. The van der Waals surface area contributed by atoms with Gasteiger partial charge in [0, 0.05) is 17.6 Å². The van der Waals surface area contributed by atoms with Crippen LogP contribution in [0, 0.1) is 0 Å². The van der Waals surface area contributed by atoms with Gasteiger partial charge in [-0.1, -0.05) is 18.2 Å². The first kappa shape index (κ1) is 15.1. The minimum Gasteiger partial charge on any atom is -0.389 e. The summed E-state index contributed by atoms with van der Waals surface area (Å²) >= 11 is 0. The van der Waals surface area contributed by atoms with Gasteiger partial charge in [-0.05, 0) is 39.3 Å². The zero-order valence-corrected chi connectivity index (χ0v) is 11.3. The Hall–Kier alpha value is -1.00. The molecule has 0 aliphatic rings. The molecule has 2 N–H and O–H groups in total. The number of hydrogen-bond donors (Lipinski definition) is 2. The Morgan fingerprint density at radius 2 is 1.83 bits per heavy atom. The molecule has 18 heavy (non-hydrogen) atoms. The van der Waals surface area contributed by atoms with Crippen LogP contribution in [0.4, 0.5) is 8.78 Å². The highest BCUT2D eigenvalue weighted by atomic mass is 19.3. The van der Waals surface area contributed by atoms with Crippen molar-refractivity contribution in [1.82, 2.24) is 5.32 Å². The van der Waals surface area contributed by atoms with Gasteiger partial charge in [-0.15, -0.1) is 0 Å². The van der Waals surface area contributed by atoms with E-state index >= 15 is 0 Å². The van der Waals surface area contributed by atoms with E-state index in [1.165, 1.54) is 12.1 Å². The van der Waals surface area contributed by atoms with Gasteiger partial charge in [0.1, 0.15) is 0 Å². The highest BCUT2D eigenvalue weighted by molar-refractivity contribution is 5.24. The second-order valence-electron chi connectivity index (χ2n) is 5.58. The summed E-state index contributed by atoms with van der Waals surface area (Å²) in [5, 5.41) is 13.2. The highest BCUT2D eigenvalue weighted by Crippen LogP contribution is 2.22. The molecule has 0 aliphatic heterocycles. The molecular formula is C14H21F2NO. The van der Waals surface area contributed by atoms with Crippen LogP contribution in [0.2, 0.25) is 0 Å². The molecule has 0 amide bonds. The van der Waals surface area contributed by atoms with Crippen LogP contribution in [0.5, 0.6) is 0 Å². The summed E-state index contributed by atoms with van der Waals surface area (Å²) in [7, 11) is 0. The van der Waals surface area contributed by atoms with Crippen LogP contribution in [0.25, 0.3) is 0 Å². The Morgan fingerprint density at radius 3 is 2.33 bits per heavy atom. The standard InChI is InChI=1S/C14H21F2NO/c1-13(2,14(3,4)18)17-9-10-6-5-7-11(8-10)12(15)16/h5-8,12,17-18H,9H2,1-4H3. The molecule has 4 heteroatoms. The highest BCUT2D eigenvalue weighted by Gasteiger charge is 2.34. The van der Waals surface area contributed by atoms with Crippen LogP contribution >= 0.6 is 0 Å². The molecule has 0 aliphatic carbocycles. The normalized spacial score (nSPS) is 13.1. The quantitative estimate of drug-likeness (QED) is 0.848. The monoisotopic (exact) mass is 257 g/mol. The topological polar surface area (TPSA) is 32.3 Å².